The van der Waals surface area contributed by atoms with E-state index in [0.717, 1.165) is 18.9 Å². The summed E-state index contributed by atoms with van der Waals surface area (Å²) >= 11 is 0. The molecule has 0 radical (unpaired) electrons. The highest BCUT2D eigenvalue weighted by atomic mass is 32.2. The number of halogens is 3. The van der Waals surface area contributed by atoms with E-state index in [4.69, 9.17) is 5.11 Å². The molecule has 6 rings (SSSR count). The van der Waals surface area contributed by atoms with Gasteiger partial charge in [0.15, 0.2) is 0 Å². The van der Waals surface area contributed by atoms with Crippen molar-refractivity contribution in [2.24, 2.45) is 11.8 Å². The maximum atomic E-state index is 14.5. The summed E-state index contributed by atoms with van der Waals surface area (Å²) in [6.07, 6.45) is -1.11. The molecule has 2 saturated carbocycles. The second kappa shape index (κ2) is 17.7. The first kappa shape index (κ1) is 42.4. The Labute approximate surface area is 333 Å². The molecule has 0 bridgehead atoms. The van der Waals surface area contributed by atoms with Crippen molar-refractivity contribution >= 4 is 44.7 Å². The monoisotopic (exact) mass is 827 g/mol. The predicted octanol–water partition coefficient (Wildman–Crippen LogP) is 5.43. The van der Waals surface area contributed by atoms with Crippen molar-refractivity contribution in [1.29, 1.82) is 0 Å². The molecule has 0 spiro atoms. The summed E-state index contributed by atoms with van der Waals surface area (Å²) in [6.45, 7) is 0.282. The second-order valence-electron chi connectivity index (χ2n) is 15.5. The van der Waals surface area contributed by atoms with Gasteiger partial charge in [0.25, 0.3) is 0 Å². The van der Waals surface area contributed by atoms with Gasteiger partial charge in [-0.3, -0.25) is 9.59 Å². The van der Waals surface area contributed by atoms with Crippen LogP contribution in [0.4, 0.5) is 23.7 Å². The van der Waals surface area contributed by atoms with E-state index in [0.29, 0.717) is 72.9 Å². The SMILES string of the molecule is CN(C)C1CCC(NS(=O)(=O)c2ccc(-c3ccc(C[C@H](NC(=O)C4CCC(CNC(=O)O)CC4)C(=O)Nc4ccc5[nH]c(=O)[nH]c5c4)cc3)c(C(F)(F)F)c2)CC1. The number of nitrogens with zero attached hydrogens (tertiary/aromatic N) is 1. The number of imidazole rings is 1. The molecule has 1 aromatic heterocycles. The molecular formula is C40H48F3N7O7S. The second-order valence-corrected chi connectivity index (χ2v) is 17.2. The number of anilines is 1. The van der Waals surface area contributed by atoms with E-state index < -0.39 is 56.3 Å². The third-order valence-electron chi connectivity index (χ3n) is 11.2. The molecule has 4 aromatic rings. The van der Waals surface area contributed by atoms with Gasteiger partial charge in [-0.25, -0.2) is 22.7 Å². The van der Waals surface area contributed by atoms with E-state index >= 15 is 0 Å². The van der Waals surface area contributed by atoms with E-state index in [1.807, 2.05) is 14.1 Å². The predicted molar refractivity (Wildman–Crippen MR) is 212 cm³/mol. The van der Waals surface area contributed by atoms with Crippen molar-refractivity contribution in [3.8, 4) is 11.1 Å². The minimum atomic E-state index is -4.88. The maximum absolute atomic E-state index is 14.5. The number of alkyl halides is 3. The number of amides is 3. The third-order valence-corrected chi connectivity index (χ3v) is 12.8. The van der Waals surface area contributed by atoms with Gasteiger partial charge in [-0.2, -0.15) is 13.2 Å². The van der Waals surface area contributed by atoms with Crippen molar-refractivity contribution in [2.45, 2.75) is 87.0 Å². The van der Waals surface area contributed by atoms with Gasteiger partial charge >= 0.3 is 18.0 Å². The number of rotatable bonds is 13. The van der Waals surface area contributed by atoms with Crippen LogP contribution in [-0.2, 0) is 32.2 Å². The number of hydrogen-bond donors (Lipinski definition) is 7. The molecule has 2 fully saturated rings. The Bertz CT molecular complexity index is 2280. The quantitative estimate of drug-likeness (QED) is 0.0923. The van der Waals surface area contributed by atoms with Crippen LogP contribution in [0.1, 0.15) is 62.5 Å². The van der Waals surface area contributed by atoms with Crippen LogP contribution >= 0.6 is 0 Å². The Kier molecular flexibility index (Phi) is 13.0. The average molecular weight is 828 g/mol. The number of carbonyl (C=O) groups is 3. The number of aromatic nitrogens is 2. The van der Waals surface area contributed by atoms with Crippen molar-refractivity contribution < 1.29 is 41.1 Å². The molecule has 1 atom stereocenters. The Morgan fingerprint density at radius 1 is 0.879 bits per heavy atom. The van der Waals surface area contributed by atoms with Crippen molar-refractivity contribution in [2.75, 3.05) is 26.0 Å². The number of aromatic amines is 2. The van der Waals surface area contributed by atoms with Gasteiger partial charge in [-0.05, 0) is 118 Å². The fraction of sp³-hybridized carbons (Fsp3) is 0.450. The summed E-state index contributed by atoms with van der Waals surface area (Å²) in [5.74, 6) is -1.25. The third kappa shape index (κ3) is 10.6. The molecule has 3 amide bonds. The zero-order valence-electron chi connectivity index (χ0n) is 32.1. The van der Waals surface area contributed by atoms with Crippen molar-refractivity contribution in [1.82, 2.24) is 30.2 Å². The molecule has 0 saturated heterocycles. The van der Waals surface area contributed by atoms with Crippen molar-refractivity contribution in [3.05, 3.63) is 82.3 Å². The van der Waals surface area contributed by atoms with Crippen LogP contribution in [0, 0.1) is 11.8 Å². The van der Waals surface area contributed by atoms with Crippen LogP contribution in [0.25, 0.3) is 22.2 Å². The van der Waals surface area contributed by atoms with E-state index in [1.165, 1.54) is 18.2 Å². The van der Waals surface area contributed by atoms with Gasteiger partial charge in [0.1, 0.15) is 6.04 Å². The molecular weight excluding hydrogens is 780 g/mol. The maximum Gasteiger partial charge on any atom is 0.417 e. The Balaban J connectivity index is 1.19. The zero-order chi connectivity index (χ0) is 41.8. The highest BCUT2D eigenvalue weighted by Gasteiger charge is 2.36. The summed E-state index contributed by atoms with van der Waals surface area (Å²) in [6, 6.07) is 12.6. The van der Waals surface area contributed by atoms with E-state index in [2.05, 4.69) is 35.5 Å². The van der Waals surface area contributed by atoms with Crippen LogP contribution in [0.2, 0.25) is 0 Å². The zero-order valence-corrected chi connectivity index (χ0v) is 32.9. The normalized spacial score (nSPS) is 20.7. The molecule has 312 valence electrons. The molecule has 58 heavy (non-hydrogen) atoms. The van der Waals surface area contributed by atoms with E-state index in [1.54, 1.807) is 30.3 Å². The summed E-state index contributed by atoms with van der Waals surface area (Å²) in [4.78, 5) is 56.8. The van der Waals surface area contributed by atoms with Crippen LogP contribution in [-0.4, -0.2) is 85.1 Å². The van der Waals surface area contributed by atoms with Crippen LogP contribution in [0.5, 0.6) is 0 Å². The minimum Gasteiger partial charge on any atom is -0.465 e. The number of carbonyl (C=O) groups excluding carboxylic acids is 2. The van der Waals surface area contributed by atoms with Gasteiger partial charge in [0.2, 0.25) is 21.8 Å². The Morgan fingerprint density at radius 2 is 1.55 bits per heavy atom. The van der Waals surface area contributed by atoms with Crippen molar-refractivity contribution in [3.63, 3.8) is 0 Å². The number of carboxylic acid groups (broad SMARTS) is 1. The summed E-state index contributed by atoms with van der Waals surface area (Å²) in [5.41, 5.74) is 0.275. The highest BCUT2D eigenvalue weighted by molar-refractivity contribution is 7.89. The number of hydrogen-bond acceptors (Lipinski definition) is 7. The lowest BCUT2D eigenvalue weighted by atomic mass is 9.81. The molecule has 0 aliphatic heterocycles. The molecule has 2 aliphatic rings. The summed E-state index contributed by atoms with van der Waals surface area (Å²) in [5, 5.41) is 16.9. The molecule has 3 aromatic carbocycles. The first-order chi connectivity index (χ1) is 27.4. The first-order valence-corrected chi connectivity index (χ1v) is 20.7. The Hall–Kier alpha value is -5.20. The number of nitrogens with one attached hydrogen (secondary N) is 6. The topological polar surface area (TPSA) is 206 Å². The number of fused-ring (bicyclic) bond motifs is 1. The molecule has 7 N–H and O–H groups in total. The lowest BCUT2D eigenvalue weighted by Gasteiger charge is -2.32. The van der Waals surface area contributed by atoms with E-state index in [9.17, 15) is 40.8 Å². The first-order valence-electron chi connectivity index (χ1n) is 19.2. The fourth-order valence-corrected chi connectivity index (χ4v) is 9.26. The largest absolute Gasteiger partial charge is 0.465 e. The Morgan fingerprint density at radius 3 is 2.19 bits per heavy atom. The van der Waals surface area contributed by atoms with Gasteiger partial charge in [-0.1, -0.05) is 30.3 Å². The minimum absolute atomic E-state index is 0.0234. The lowest BCUT2D eigenvalue weighted by Crippen LogP contribution is -2.48. The molecule has 1 heterocycles. The molecule has 2 aliphatic carbocycles. The average Bonchev–Trinajstić information content (AvgIpc) is 3.56. The smallest absolute Gasteiger partial charge is 0.417 e. The standard InChI is InChI=1S/C40H48F3N7O7S/c1-50(2)29-14-11-27(12-15-29)49-58(56,57)30-16-17-31(32(21-30)40(41,42)43)25-7-3-23(4-8-25)19-35(37(52)45-28-13-18-33-34(20-28)48-38(53)47-33)46-36(51)26-9-5-24(6-10-26)22-44-39(54)55/h3-4,7-8,13,16-18,20-21,24,26-27,29,35,44,49H,5-6,9-12,14-15,19,22H2,1-2H3,(H,45,52)(H,46,51)(H,54,55)(H2,47,48,53)/t24?,26?,27?,29?,35-/m0/s1. The number of H-pyrrole nitrogens is 2. The van der Waals surface area contributed by atoms with Crippen LogP contribution in [0.3, 0.4) is 0 Å². The van der Waals surface area contributed by atoms with Gasteiger partial charge in [-0.15, -0.1) is 0 Å². The van der Waals surface area contributed by atoms with Gasteiger partial charge in [0.05, 0.1) is 21.5 Å². The van der Waals surface area contributed by atoms with Gasteiger partial charge < -0.3 is 35.9 Å². The molecule has 14 nitrogen and oxygen atoms in total. The van der Waals surface area contributed by atoms with Crippen LogP contribution < -0.4 is 26.4 Å². The highest BCUT2D eigenvalue weighted by Crippen LogP contribution is 2.39. The molecule has 0 unspecified atom stereocenters. The van der Waals surface area contributed by atoms with Crippen LogP contribution in [0.15, 0.2) is 70.4 Å². The van der Waals surface area contributed by atoms with Gasteiger partial charge in [0, 0.05) is 36.7 Å². The molecule has 18 heteroatoms. The summed E-state index contributed by atoms with van der Waals surface area (Å²) < 4.78 is 72.6. The number of benzene rings is 3. The fourth-order valence-electron chi connectivity index (χ4n) is 7.93. The van der Waals surface area contributed by atoms with E-state index in [-0.39, 0.29) is 42.0 Å². The lowest BCUT2D eigenvalue weighted by molar-refractivity contribution is -0.137. The number of sulfonamides is 1. The summed E-state index contributed by atoms with van der Waals surface area (Å²) in [7, 11) is -0.329.